The summed E-state index contributed by atoms with van der Waals surface area (Å²) in [5, 5.41) is 3.16. The Morgan fingerprint density at radius 2 is 2.05 bits per heavy atom. The van der Waals surface area contributed by atoms with E-state index < -0.39 is 11.6 Å². The number of nitrogens with zero attached hydrogens (tertiary/aromatic N) is 1. The molecular formula is C13H15ClN2O3. The van der Waals surface area contributed by atoms with Gasteiger partial charge in [-0.2, -0.15) is 0 Å². The summed E-state index contributed by atoms with van der Waals surface area (Å²) in [5.74, 6) is 0.328. The SMILES string of the molecule is COc1ccc(Cl)cc1CN1C(=O)NC(C)(C)C1=O. The molecule has 2 rings (SSSR count). The van der Waals surface area contributed by atoms with Gasteiger partial charge in [0.05, 0.1) is 13.7 Å². The standard InChI is InChI=1S/C13H15ClN2O3/c1-13(2)11(17)16(12(18)15-13)7-8-6-9(14)4-5-10(8)19-3/h4-6H,7H2,1-3H3,(H,15,18). The third-order valence-electron chi connectivity index (χ3n) is 3.02. The first-order chi connectivity index (χ1) is 8.85. The van der Waals surface area contributed by atoms with E-state index in [4.69, 9.17) is 16.3 Å². The molecule has 0 radical (unpaired) electrons. The van der Waals surface area contributed by atoms with Gasteiger partial charge in [-0.25, -0.2) is 4.79 Å². The lowest BCUT2D eigenvalue weighted by atomic mass is 10.1. The Balaban J connectivity index is 2.29. The lowest BCUT2D eigenvalue weighted by molar-refractivity contribution is -0.130. The molecule has 0 unspecified atom stereocenters. The molecule has 102 valence electrons. The number of ether oxygens (including phenoxy) is 1. The molecule has 1 aromatic carbocycles. The molecule has 1 aliphatic rings. The van der Waals surface area contributed by atoms with Gasteiger partial charge in [-0.15, -0.1) is 0 Å². The minimum atomic E-state index is -0.872. The monoisotopic (exact) mass is 282 g/mol. The largest absolute Gasteiger partial charge is 0.496 e. The highest BCUT2D eigenvalue weighted by molar-refractivity contribution is 6.30. The molecule has 1 fully saturated rings. The number of imide groups is 1. The van der Waals surface area contributed by atoms with Crippen molar-refractivity contribution in [3.8, 4) is 5.75 Å². The van der Waals surface area contributed by atoms with E-state index in [0.717, 1.165) is 4.90 Å². The number of benzene rings is 1. The van der Waals surface area contributed by atoms with E-state index in [2.05, 4.69) is 5.32 Å². The molecule has 0 atom stereocenters. The quantitative estimate of drug-likeness (QED) is 0.865. The highest BCUT2D eigenvalue weighted by atomic mass is 35.5. The number of methoxy groups -OCH3 is 1. The molecular weight excluding hydrogens is 268 g/mol. The lowest BCUT2D eigenvalue weighted by Crippen LogP contribution is -2.40. The van der Waals surface area contributed by atoms with Crippen molar-refractivity contribution in [3.63, 3.8) is 0 Å². The predicted molar refractivity (Wildman–Crippen MR) is 71.2 cm³/mol. The Labute approximate surface area is 116 Å². The maximum atomic E-state index is 12.1. The van der Waals surface area contributed by atoms with E-state index in [1.165, 1.54) is 7.11 Å². The minimum absolute atomic E-state index is 0.137. The van der Waals surface area contributed by atoms with Crippen molar-refractivity contribution in [3.05, 3.63) is 28.8 Å². The average molecular weight is 283 g/mol. The summed E-state index contributed by atoms with van der Waals surface area (Å²) in [4.78, 5) is 25.1. The third-order valence-corrected chi connectivity index (χ3v) is 3.25. The zero-order valence-electron chi connectivity index (χ0n) is 11.0. The summed E-state index contributed by atoms with van der Waals surface area (Å²) in [7, 11) is 1.53. The molecule has 1 saturated heterocycles. The summed E-state index contributed by atoms with van der Waals surface area (Å²) in [6.45, 7) is 3.47. The Kier molecular flexibility index (Phi) is 3.41. The van der Waals surface area contributed by atoms with Crippen LogP contribution in [0.1, 0.15) is 19.4 Å². The Bertz CT molecular complexity index is 543. The molecule has 19 heavy (non-hydrogen) atoms. The van der Waals surface area contributed by atoms with Gasteiger partial charge < -0.3 is 10.1 Å². The Morgan fingerprint density at radius 3 is 2.58 bits per heavy atom. The van der Waals surface area contributed by atoms with E-state index >= 15 is 0 Å². The zero-order chi connectivity index (χ0) is 14.2. The van der Waals surface area contributed by atoms with Crippen LogP contribution in [0.5, 0.6) is 5.75 Å². The normalized spacial score (nSPS) is 17.6. The summed E-state index contributed by atoms with van der Waals surface area (Å²) < 4.78 is 5.20. The van der Waals surface area contributed by atoms with Crippen molar-refractivity contribution >= 4 is 23.5 Å². The zero-order valence-corrected chi connectivity index (χ0v) is 11.7. The fourth-order valence-electron chi connectivity index (χ4n) is 2.00. The van der Waals surface area contributed by atoms with Gasteiger partial charge in [-0.3, -0.25) is 9.69 Å². The van der Waals surface area contributed by atoms with Crippen LogP contribution in [-0.2, 0) is 11.3 Å². The van der Waals surface area contributed by atoms with Crippen LogP contribution in [0.15, 0.2) is 18.2 Å². The second-order valence-corrected chi connectivity index (χ2v) is 5.34. The maximum absolute atomic E-state index is 12.1. The van der Waals surface area contributed by atoms with Crippen LogP contribution in [0.2, 0.25) is 5.02 Å². The highest BCUT2D eigenvalue weighted by Crippen LogP contribution is 2.26. The van der Waals surface area contributed by atoms with E-state index in [0.29, 0.717) is 16.3 Å². The molecule has 1 N–H and O–H groups in total. The first-order valence-electron chi connectivity index (χ1n) is 5.81. The van der Waals surface area contributed by atoms with E-state index in [-0.39, 0.29) is 12.5 Å². The van der Waals surface area contributed by atoms with Gasteiger partial charge in [0.1, 0.15) is 11.3 Å². The summed E-state index contributed by atoms with van der Waals surface area (Å²) >= 11 is 5.93. The predicted octanol–water partition coefficient (Wildman–Crippen LogP) is 2.18. The summed E-state index contributed by atoms with van der Waals surface area (Å²) in [6.07, 6.45) is 0. The molecule has 0 aromatic heterocycles. The van der Waals surface area contributed by atoms with E-state index in [1.54, 1.807) is 32.0 Å². The smallest absolute Gasteiger partial charge is 0.325 e. The van der Waals surface area contributed by atoms with Crippen molar-refractivity contribution in [2.24, 2.45) is 0 Å². The molecule has 0 spiro atoms. The third kappa shape index (κ3) is 2.51. The van der Waals surface area contributed by atoms with Crippen LogP contribution in [0.25, 0.3) is 0 Å². The second-order valence-electron chi connectivity index (χ2n) is 4.90. The molecule has 0 aliphatic carbocycles. The molecule has 6 heteroatoms. The van der Waals surface area contributed by atoms with Crippen molar-refractivity contribution in [2.75, 3.05) is 7.11 Å². The number of hydrogen-bond acceptors (Lipinski definition) is 3. The molecule has 0 bridgehead atoms. The van der Waals surface area contributed by atoms with Gasteiger partial charge >= 0.3 is 6.03 Å². The van der Waals surface area contributed by atoms with Crippen molar-refractivity contribution in [1.29, 1.82) is 0 Å². The number of carbonyl (C=O) groups excluding carboxylic acids is 2. The molecule has 1 aromatic rings. The van der Waals surface area contributed by atoms with Crippen molar-refractivity contribution < 1.29 is 14.3 Å². The van der Waals surface area contributed by atoms with E-state index in [9.17, 15) is 9.59 Å². The number of halogens is 1. The number of nitrogens with one attached hydrogen (secondary N) is 1. The Hall–Kier alpha value is -1.75. The van der Waals surface area contributed by atoms with Crippen LogP contribution in [0.4, 0.5) is 4.79 Å². The van der Waals surface area contributed by atoms with Crippen molar-refractivity contribution in [2.45, 2.75) is 25.9 Å². The number of urea groups is 1. The average Bonchev–Trinajstić information content (AvgIpc) is 2.52. The molecule has 1 aliphatic heterocycles. The van der Waals surface area contributed by atoms with Crippen LogP contribution in [-0.4, -0.2) is 29.5 Å². The fraction of sp³-hybridized carbons (Fsp3) is 0.385. The fourth-order valence-corrected chi connectivity index (χ4v) is 2.20. The summed E-state index contributed by atoms with van der Waals surface area (Å²) in [6, 6.07) is 4.68. The summed E-state index contributed by atoms with van der Waals surface area (Å²) in [5.41, 5.74) is -0.181. The molecule has 1 heterocycles. The number of amides is 3. The highest BCUT2D eigenvalue weighted by Gasteiger charge is 2.44. The van der Waals surface area contributed by atoms with Crippen molar-refractivity contribution in [1.82, 2.24) is 10.2 Å². The van der Waals surface area contributed by atoms with Gasteiger partial charge in [0, 0.05) is 10.6 Å². The van der Waals surface area contributed by atoms with Gasteiger partial charge in [0.15, 0.2) is 0 Å². The van der Waals surface area contributed by atoms with Gasteiger partial charge in [-0.05, 0) is 32.0 Å². The first kappa shape index (κ1) is 13.7. The van der Waals surface area contributed by atoms with Crippen LogP contribution < -0.4 is 10.1 Å². The molecule has 0 saturated carbocycles. The van der Waals surface area contributed by atoms with Crippen LogP contribution >= 0.6 is 11.6 Å². The number of carbonyl (C=O) groups is 2. The minimum Gasteiger partial charge on any atom is -0.496 e. The first-order valence-corrected chi connectivity index (χ1v) is 6.19. The van der Waals surface area contributed by atoms with Gasteiger partial charge in [-0.1, -0.05) is 11.6 Å². The Morgan fingerprint density at radius 1 is 1.37 bits per heavy atom. The molecule has 5 nitrogen and oxygen atoms in total. The van der Waals surface area contributed by atoms with Crippen LogP contribution in [0, 0.1) is 0 Å². The molecule has 3 amide bonds. The van der Waals surface area contributed by atoms with E-state index in [1.807, 2.05) is 0 Å². The number of hydrogen-bond donors (Lipinski definition) is 1. The van der Waals surface area contributed by atoms with Gasteiger partial charge in [0.25, 0.3) is 5.91 Å². The number of rotatable bonds is 3. The maximum Gasteiger partial charge on any atom is 0.325 e. The lowest BCUT2D eigenvalue weighted by Gasteiger charge is -2.17. The van der Waals surface area contributed by atoms with Gasteiger partial charge in [0.2, 0.25) is 0 Å². The van der Waals surface area contributed by atoms with Crippen LogP contribution in [0.3, 0.4) is 0 Å². The topological polar surface area (TPSA) is 58.6 Å². The second kappa shape index (κ2) is 4.74.